The van der Waals surface area contributed by atoms with E-state index in [2.05, 4.69) is 17.4 Å². The number of hydrogen-bond acceptors (Lipinski definition) is 3. The van der Waals surface area contributed by atoms with Crippen LogP contribution in [-0.4, -0.2) is 11.7 Å². The number of aryl methyl sites for hydroxylation is 1. The van der Waals surface area contributed by atoms with Crippen LogP contribution in [0.15, 0.2) is 10.6 Å². The summed E-state index contributed by atoms with van der Waals surface area (Å²) in [6, 6.07) is 1.99. The molecule has 18 heavy (non-hydrogen) atoms. The summed E-state index contributed by atoms with van der Waals surface area (Å²) in [5.74, 6) is 0.937. The van der Waals surface area contributed by atoms with E-state index < -0.39 is 0 Å². The quantitative estimate of drug-likeness (QED) is 0.599. The van der Waals surface area contributed by atoms with E-state index in [-0.39, 0.29) is 0 Å². The molecule has 0 aliphatic rings. The minimum Gasteiger partial charge on any atom is -0.360 e. The van der Waals surface area contributed by atoms with Crippen LogP contribution in [0.25, 0.3) is 0 Å². The highest BCUT2D eigenvalue weighted by molar-refractivity contribution is 5.02. The Kier molecular flexibility index (Phi) is 8.57. The zero-order valence-corrected chi connectivity index (χ0v) is 12.0. The number of unbranched alkanes of at least 4 members (excludes halogenated alkanes) is 7. The smallest absolute Gasteiger partial charge is 0.150 e. The lowest BCUT2D eigenvalue weighted by Crippen LogP contribution is -2.14. The van der Waals surface area contributed by atoms with Gasteiger partial charge in [0, 0.05) is 6.07 Å². The van der Waals surface area contributed by atoms with Gasteiger partial charge in [-0.3, -0.25) is 0 Å². The summed E-state index contributed by atoms with van der Waals surface area (Å²) in [6.45, 7) is 6.10. The van der Waals surface area contributed by atoms with Gasteiger partial charge in [0.1, 0.15) is 0 Å². The molecule has 1 aromatic heterocycles. The SMILES string of the molecule is CCCCCCCCCCNCc1cc(C)no1. The molecule has 0 fully saturated rings. The summed E-state index contributed by atoms with van der Waals surface area (Å²) >= 11 is 0. The molecule has 0 aromatic carbocycles. The van der Waals surface area contributed by atoms with Crippen molar-refractivity contribution in [2.45, 2.75) is 71.8 Å². The Labute approximate surface area is 111 Å². The van der Waals surface area contributed by atoms with E-state index in [1.807, 2.05) is 13.0 Å². The third kappa shape index (κ3) is 7.49. The predicted octanol–water partition coefficient (Wildman–Crippen LogP) is 4.21. The molecule has 0 saturated heterocycles. The van der Waals surface area contributed by atoms with Crippen LogP contribution in [0.4, 0.5) is 0 Å². The van der Waals surface area contributed by atoms with Crippen LogP contribution in [0.3, 0.4) is 0 Å². The summed E-state index contributed by atoms with van der Waals surface area (Å²) in [5.41, 5.74) is 0.957. The van der Waals surface area contributed by atoms with Crippen molar-refractivity contribution < 1.29 is 4.52 Å². The molecule has 0 atom stereocenters. The van der Waals surface area contributed by atoms with Crippen LogP contribution in [0.2, 0.25) is 0 Å². The highest BCUT2D eigenvalue weighted by Crippen LogP contribution is 2.08. The van der Waals surface area contributed by atoms with Crippen molar-refractivity contribution in [3.8, 4) is 0 Å². The van der Waals surface area contributed by atoms with Crippen LogP contribution in [0.5, 0.6) is 0 Å². The molecular weight excluding hydrogens is 224 g/mol. The molecule has 3 nitrogen and oxygen atoms in total. The predicted molar refractivity (Wildman–Crippen MR) is 75.6 cm³/mol. The van der Waals surface area contributed by atoms with Crippen LogP contribution >= 0.6 is 0 Å². The molecule has 0 amide bonds. The van der Waals surface area contributed by atoms with E-state index >= 15 is 0 Å². The average Bonchev–Trinajstić information content (AvgIpc) is 2.77. The van der Waals surface area contributed by atoms with Crippen molar-refractivity contribution in [2.24, 2.45) is 0 Å². The van der Waals surface area contributed by atoms with Crippen molar-refractivity contribution in [1.29, 1.82) is 0 Å². The number of nitrogens with one attached hydrogen (secondary N) is 1. The monoisotopic (exact) mass is 252 g/mol. The number of nitrogens with zero attached hydrogens (tertiary/aromatic N) is 1. The lowest BCUT2D eigenvalue weighted by molar-refractivity contribution is 0.369. The second-order valence-electron chi connectivity index (χ2n) is 5.09. The Morgan fingerprint density at radius 3 is 2.33 bits per heavy atom. The average molecular weight is 252 g/mol. The third-order valence-corrected chi connectivity index (χ3v) is 3.18. The van der Waals surface area contributed by atoms with E-state index in [0.717, 1.165) is 24.5 Å². The minimum atomic E-state index is 0.803. The van der Waals surface area contributed by atoms with Gasteiger partial charge in [0.2, 0.25) is 0 Å². The standard InChI is InChI=1S/C15H28N2O/c1-3-4-5-6-7-8-9-10-11-16-13-15-12-14(2)17-18-15/h12,16H,3-11,13H2,1-2H3. The highest BCUT2D eigenvalue weighted by atomic mass is 16.5. The Morgan fingerprint density at radius 2 is 1.72 bits per heavy atom. The Bertz CT molecular complexity index is 296. The Morgan fingerprint density at radius 1 is 1.06 bits per heavy atom. The van der Waals surface area contributed by atoms with Crippen molar-refractivity contribution in [3.63, 3.8) is 0 Å². The van der Waals surface area contributed by atoms with Gasteiger partial charge in [-0.2, -0.15) is 0 Å². The van der Waals surface area contributed by atoms with Gasteiger partial charge in [0.15, 0.2) is 5.76 Å². The Balaban J connectivity index is 1.81. The van der Waals surface area contributed by atoms with Gasteiger partial charge in [0.05, 0.1) is 12.2 Å². The van der Waals surface area contributed by atoms with Gasteiger partial charge in [-0.05, 0) is 19.9 Å². The van der Waals surface area contributed by atoms with Crippen molar-refractivity contribution in [2.75, 3.05) is 6.54 Å². The van der Waals surface area contributed by atoms with Crippen molar-refractivity contribution in [1.82, 2.24) is 10.5 Å². The fourth-order valence-electron chi connectivity index (χ4n) is 2.10. The summed E-state index contributed by atoms with van der Waals surface area (Å²) in [6.07, 6.45) is 11.0. The van der Waals surface area contributed by atoms with E-state index in [1.165, 1.54) is 51.4 Å². The zero-order chi connectivity index (χ0) is 13.1. The molecule has 0 saturated carbocycles. The molecule has 3 heteroatoms. The lowest BCUT2D eigenvalue weighted by Gasteiger charge is -2.03. The van der Waals surface area contributed by atoms with Crippen molar-refractivity contribution in [3.05, 3.63) is 17.5 Å². The first-order valence-electron chi connectivity index (χ1n) is 7.46. The molecule has 104 valence electrons. The zero-order valence-electron chi connectivity index (χ0n) is 12.0. The lowest BCUT2D eigenvalue weighted by atomic mass is 10.1. The second-order valence-corrected chi connectivity index (χ2v) is 5.09. The number of hydrogen-bond donors (Lipinski definition) is 1. The number of aromatic nitrogens is 1. The molecule has 1 N–H and O–H groups in total. The molecule has 0 unspecified atom stereocenters. The molecule has 0 spiro atoms. The van der Waals surface area contributed by atoms with E-state index in [4.69, 9.17) is 4.52 Å². The molecule has 0 aliphatic heterocycles. The fraction of sp³-hybridized carbons (Fsp3) is 0.800. The Hall–Kier alpha value is -0.830. The van der Waals surface area contributed by atoms with Crippen LogP contribution in [-0.2, 0) is 6.54 Å². The molecule has 0 aliphatic carbocycles. The first-order chi connectivity index (χ1) is 8.83. The van der Waals surface area contributed by atoms with Crippen LogP contribution in [0.1, 0.15) is 69.7 Å². The molecule has 0 radical (unpaired) electrons. The normalized spacial score (nSPS) is 11.0. The van der Waals surface area contributed by atoms with E-state index in [9.17, 15) is 0 Å². The van der Waals surface area contributed by atoms with Crippen molar-refractivity contribution >= 4 is 0 Å². The first kappa shape index (κ1) is 15.2. The maximum absolute atomic E-state index is 5.13. The first-order valence-corrected chi connectivity index (χ1v) is 7.46. The third-order valence-electron chi connectivity index (χ3n) is 3.18. The van der Waals surface area contributed by atoms with Gasteiger partial charge >= 0.3 is 0 Å². The van der Waals surface area contributed by atoms with Gasteiger partial charge in [-0.15, -0.1) is 0 Å². The molecular formula is C15H28N2O. The van der Waals surface area contributed by atoms with Gasteiger partial charge in [0.25, 0.3) is 0 Å². The summed E-state index contributed by atoms with van der Waals surface area (Å²) in [4.78, 5) is 0. The van der Waals surface area contributed by atoms with Crippen LogP contribution < -0.4 is 5.32 Å². The second kappa shape index (κ2) is 10.1. The van der Waals surface area contributed by atoms with Gasteiger partial charge in [-0.1, -0.05) is 57.0 Å². The maximum Gasteiger partial charge on any atom is 0.150 e. The molecule has 1 aromatic rings. The van der Waals surface area contributed by atoms with E-state index in [0.29, 0.717) is 0 Å². The highest BCUT2D eigenvalue weighted by Gasteiger charge is 1.98. The molecule has 1 rings (SSSR count). The van der Waals surface area contributed by atoms with Gasteiger partial charge in [-0.25, -0.2) is 0 Å². The maximum atomic E-state index is 5.13. The molecule has 1 heterocycles. The topological polar surface area (TPSA) is 38.1 Å². The largest absolute Gasteiger partial charge is 0.360 e. The summed E-state index contributed by atoms with van der Waals surface area (Å²) in [7, 11) is 0. The summed E-state index contributed by atoms with van der Waals surface area (Å²) in [5, 5.41) is 7.26. The minimum absolute atomic E-state index is 0.803. The summed E-state index contributed by atoms with van der Waals surface area (Å²) < 4.78 is 5.13. The number of rotatable bonds is 11. The van der Waals surface area contributed by atoms with Crippen LogP contribution in [0, 0.1) is 6.92 Å². The van der Waals surface area contributed by atoms with E-state index in [1.54, 1.807) is 0 Å². The fourth-order valence-corrected chi connectivity index (χ4v) is 2.10. The molecule has 0 bridgehead atoms. The van der Waals surface area contributed by atoms with Gasteiger partial charge < -0.3 is 9.84 Å².